The Labute approximate surface area is 143 Å². The van der Waals surface area contributed by atoms with Gasteiger partial charge in [0, 0.05) is 10.5 Å². The van der Waals surface area contributed by atoms with E-state index in [9.17, 15) is 4.79 Å². The molecule has 1 N–H and O–H groups in total. The van der Waals surface area contributed by atoms with Crippen molar-refractivity contribution in [3.63, 3.8) is 0 Å². The number of halogens is 1. The standard InChI is InChI=1S/C18H19BrN2O2/c19-13-1-2-14-15(8-13)23-21-17(14)18(22)20-16-11-4-9-3-10(6-11)7-12(16)5-9/h1-2,8-12,16H,3-7H2,(H,20,22). The zero-order valence-corrected chi connectivity index (χ0v) is 14.4. The van der Waals surface area contributed by atoms with Crippen molar-refractivity contribution in [2.75, 3.05) is 0 Å². The predicted octanol–water partition coefficient (Wildman–Crippen LogP) is 4.14. The molecule has 0 atom stereocenters. The first-order valence-electron chi connectivity index (χ1n) is 8.53. The summed E-state index contributed by atoms with van der Waals surface area (Å²) in [5.74, 6) is 3.08. The van der Waals surface area contributed by atoms with E-state index in [2.05, 4.69) is 26.4 Å². The van der Waals surface area contributed by atoms with Gasteiger partial charge in [-0.1, -0.05) is 21.1 Å². The Morgan fingerprint density at radius 2 is 1.83 bits per heavy atom. The van der Waals surface area contributed by atoms with E-state index >= 15 is 0 Å². The summed E-state index contributed by atoms with van der Waals surface area (Å²) in [5, 5.41) is 8.10. The van der Waals surface area contributed by atoms with Crippen LogP contribution in [0.25, 0.3) is 11.0 Å². The van der Waals surface area contributed by atoms with E-state index in [0.29, 0.717) is 29.2 Å². The Hall–Kier alpha value is -1.36. The number of rotatable bonds is 2. The molecule has 0 aliphatic heterocycles. The molecule has 0 spiro atoms. The molecule has 4 saturated carbocycles. The average Bonchev–Trinajstić information content (AvgIpc) is 2.93. The first-order valence-corrected chi connectivity index (χ1v) is 9.32. The molecule has 1 aromatic heterocycles. The number of hydrogen-bond donors (Lipinski definition) is 1. The van der Waals surface area contributed by atoms with Gasteiger partial charge in [-0.2, -0.15) is 0 Å². The number of nitrogens with zero attached hydrogens (tertiary/aromatic N) is 1. The Morgan fingerprint density at radius 1 is 1.13 bits per heavy atom. The highest BCUT2D eigenvalue weighted by atomic mass is 79.9. The second-order valence-corrected chi connectivity index (χ2v) is 8.52. The van der Waals surface area contributed by atoms with Crippen molar-refractivity contribution < 1.29 is 9.32 Å². The van der Waals surface area contributed by atoms with E-state index in [1.807, 2.05) is 18.2 Å². The van der Waals surface area contributed by atoms with Gasteiger partial charge in [0.05, 0.1) is 5.39 Å². The number of fused-ring (bicyclic) bond motifs is 1. The maximum Gasteiger partial charge on any atom is 0.274 e. The molecule has 4 aliphatic rings. The van der Waals surface area contributed by atoms with Gasteiger partial charge in [0.25, 0.3) is 5.91 Å². The quantitative estimate of drug-likeness (QED) is 0.858. The lowest BCUT2D eigenvalue weighted by Crippen LogP contribution is -2.55. The van der Waals surface area contributed by atoms with Gasteiger partial charge >= 0.3 is 0 Å². The molecule has 5 heteroatoms. The molecule has 4 fully saturated rings. The summed E-state index contributed by atoms with van der Waals surface area (Å²) < 4.78 is 6.24. The van der Waals surface area contributed by atoms with E-state index in [1.54, 1.807) is 0 Å². The molecular formula is C18H19BrN2O2. The van der Waals surface area contributed by atoms with Crippen molar-refractivity contribution in [1.82, 2.24) is 10.5 Å². The smallest absolute Gasteiger partial charge is 0.274 e. The molecule has 0 saturated heterocycles. The predicted molar refractivity (Wildman–Crippen MR) is 90.0 cm³/mol. The van der Waals surface area contributed by atoms with Crippen molar-refractivity contribution in [2.24, 2.45) is 23.7 Å². The Kier molecular flexibility index (Phi) is 3.09. The van der Waals surface area contributed by atoms with Crippen LogP contribution in [-0.4, -0.2) is 17.1 Å². The molecule has 1 amide bonds. The molecule has 1 heterocycles. The molecule has 1 aromatic carbocycles. The fourth-order valence-electron chi connectivity index (χ4n) is 5.46. The summed E-state index contributed by atoms with van der Waals surface area (Å²) >= 11 is 3.41. The van der Waals surface area contributed by atoms with Gasteiger partial charge in [-0.15, -0.1) is 0 Å². The molecule has 4 bridgehead atoms. The average molecular weight is 375 g/mol. The van der Waals surface area contributed by atoms with E-state index < -0.39 is 0 Å². The van der Waals surface area contributed by atoms with Crippen molar-refractivity contribution in [2.45, 2.75) is 38.1 Å². The van der Waals surface area contributed by atoms with Crippen LogP contribution < -0.4 is 5.32 Å². The van der Waals surface area contributed by atoms with Crippen molar-refractivity contribution >= 4 is 32.8 Å². The van der Waals surface area contributed by atoms with Gasteiger partial charge in [-0.3, -0.25) is 4.79 Å². The number of nitrogens with one attached hydrogen (secondary N) is 1. The molecule has 2 aromatic rings. The number of benzene rings is 1. The second kappa shape index (κ2) is 5.07. The van der Waals surface area contributed by atoms with Crippen LogP contribution in [0.4, 0.5) is 0 Å². The molecule has 6 rings (SSSR count). The Bertz CT molecular complexity index is 756. The van der Waals surface area contributed by atoms with Gasteiger partial charge in [0.2, 0.25) is 0 Å². The Balaban J connectivity index is 1.40. The second-order valence-electron chi connectivity index (χ2n) is 7.60. The highest BCUT2D eigenvalue weighted by molar-refractivity contribution is 9.10. The minimum atomic E-state index is -0.0801. The van der Waals surface area contributed by atoms with Crippen LogP contribution in [0.3, 0.4) is 0 Å². The fraction of sp³-hybridized carbons (Fsp3) is 0.556. The van der Waals surface area contributed by atoms with Crippen molar-refractivity contribution in [1.29, 1.82) is 0 Å². The lowest BCUT2D eigenvalue weighted by Gasteiger charge is -2.54. The number of hydrogen-bond acceptors (Lipinski definition) is 3. The SMILES string of the molecule is O=C(NC1C2CC3CC(C2)CC1C3)c1noc2cc(Br)ccc12. The number of amides is 1. The maximum atomic E-state index is 12.8. The Morgan fingerprint density at radius 3 is 2.52 bits per heavy atom. The van der Waals surface area contributed by atoms with Gasteiger partial charge in [0.15, 0.2) is 11.3 Å². The summed E-state index contributed by atoms with van der Waals surface area (Å²) in [5.41, 5.74) is 1.07. The van der Waals surface area contributed by atoms with Crippen LogP contribution in [0.15, 0.2) is 27.2 Å². The minimum Gasteiger partial charge on any atom is -0.355 e. The molecule has 23 heavy (non-hydrogen) atoms. The van der Waals surface area contributed by atoms with Crippen LogP contribution >= 0.6 is 15.9 Å². The minimum absolute atomic E-state index is 0.0801. The van der Waals surface area contributed by atoms with Crippen LogP contribution in [0.2, 0.25) is 0 Å². The lowest BCUT2D eigenvalue weighted by atomic mass is 9.54. The normalized spacial score (nSPS) is 34.9. The molecule has 0 radical (unpaired) electrons. The van der Waals surface area contributed by atoms with Gasteiger partial charge in [-0.25, -0.2) is 0 Å². The van der Waals surface area contributed by atoms with Gasteiger partial charge < -0.3 is 9.84 Å². The number of aromatic nitrogens is 1. The van der Waals surface area contributed by atoms with Gasteiger partial charge in [0.1, 0.15) is 0 Å². The van der Waals surface area contributed by atoms with Crippen LogP contribution in [-0.2, 0) is 0 Å². The summed E-state index contributed by atoms with van der Waals surface area (Å²) in [6.45, 7) is 0. The highest BCUT2D eigenvalue weighted by Crippen LogP contribution is 2.53. The maximum absolute atomic E-state index is 12.8. The third kappa shape index (κ3) is 2.24. The highest BCUT2D eigenvalue weighted by Gasteiger charge is 2.48. The van der Waals surface area contributed by atoms with Crippen LogP contribution in [0, 0.1) is 23.7 Å². The largest absolute Gasteiger partial charge is 0.355 e. The molecule has 4 nitrogen and oxygen atoms in total. The van der Waals surface area contributed by atoms with Crippen LogP contribution in [0.5, 0.6) is 0 Å². The van der Waals surface area contributed by atoms with E-state index in [0.717, 1.165) is 21.7 Å². The van der Waals surface area contributed by atoms with E-state index in [1.165, 1.54) is 32.1 Å². The monoisotopic (exact) mass is 374 g/mol. The van der Waals surface area contributed by atoms with E-state index in [-0.39, 0.29) is 5.91 Å². The number of carbonyl (C=O) groups is 1. The summed E-state index contributed by atoms with van der Waals surface area (Å²) in [4.78, 5) is 12.8. The van der Waals surface area contributed by atoms with Crippen molar-refractivity contribution in [3.05, 3.63) is 28.4 Å². The summed E-state index contributed by atoms with van der Waals surface area (Å²) in [6, 6.07) is 5.99. The molecule has 120 valence electrons. The topological polar surface area (TPSA) is 55.1 Å². The number of carbonyl (C=O) groups excluding carboxylic acids is 1. The molecule has 0 unspecified atom stereocenters. The zero-order chi connectivity index (χ0) is 15.6. The lowest BCUT2D eigenvalue weighted by molar-refractivity contribution is -0.0120. The first-order chi connectivity index (χ1) is 11.2. The van der Waals surface area contributed by atoms with Crippen molar-refractivity contribution in [3.8, 4) is 0 Å². The molecular weight excluding hydrogens is 356 g/mol. The first kappa shape index (κ1) is 14.0. The molecule has 4 aliphatic carbocycles. The third-order valence-electron chi connectivity index (χ3n) is 6.17. The fourth-order valence-corrected chi connectivity index (χ4v) is 5.80. The third-order valence-corrected chi connectivity index (χ3v) is 6.67. The van der Waals surface area contributed by atoms with Crippen LogP contribution in [0.1, 0.15) is 42.6 Å². The summed E-state index contributed by atoms with van der Waals surface area (Å²) in [7, 11) is 0. The summed E-state index contributed by atoms with van der Waals surface area (Å²) in [6.07, 6.45) is 6.61. The van der Waals surface area contributed by atoms with Gasteiger partial charge in [-0.05, 0) is 74.0 Å². The van der Waals surface area contributed by atoms with E-state index in [4.69, 9.17) is 4.52 Å². The zero-order valence-electron chi connectivity index (χ0n) is 12.8.